The van der Waals surface area contributed by atoms with Crippen molar-refractivity contribution in [2.75, 3.05) is 6.61 Å². The average molecular weight is 248 g/mol. The molecule has 1 aliphatic rings. The molecule has 18 heavy (non-hydrogen) atoms. The molecule has 3 nitrogen and oxygen atoms in total. The fraction of sp³-hybridized carbons (Fsp3) is 0.533. The van der Waals surface area contributed by atoms with Crippen molar-refractivity contribution in [2.45, 2.75) is 39.0 Å². The van der Waals surface area contributed by atoms with Crippen LogP contribution in [0.5, 0.6) is 5.75 Å². The molecule has 98 valence electrons. The second-order valence-electron chi connectivity index (χ2n) is 5.00. The maximum atomic E-state index is 10.9. The van der Waals surface area contributed by atoms with Crippen molar-refractivity contribution in [3.8, 4) is 5.75 Å². The lowest BCUT2D eigenvalue weighted by molar-refractivity contribution is -0.137. The number of carbonyl (C=O) groups is 1. The minimum absolute atomic E-state index is 0.164. The summed E-state index contributed by atoms with van der Waals surface area (Å²) in [6.07, 6.45) is 2.55. The molecule has 0 radical (unpaired) electrons. The lowest BCUT2D eigenvalue weighted by Crippen LogP contribution is -2.08. The quantitative estimate of drug-likeness (QED) is 0.839. The predicted molar refractivity (Wildman–Crippen MR) is 70.1 cm³/mol. The molecule has 0 bridgehead atoms. The molecule has 3 heteroatoms. The number of aliphatic carboxylic acids is 1. The van der Waals surface area contributed by atoms with Crippen molar-refractivity contribution in [3.63, 3.8) is 0 Å². The van der Waals surface area contributed by atoms with Gasteiger partial charge in [0.1, 0.15) is 5.75 Å². The summed E-state index contributed by atoms with van der Waals surface area (Å²) in [6, 6.07) is 6.06. The third-order valence-electron chi connectivity index (χ3n) is 3.51. The Balaban J connectivity index is 2.19. The van der Waals surface area contributed by atoms with E-state index in [2.05, 4.69) is 6.07 Å². The van der Waals surface area contributed by atoms with Gasteiger partial charge >= 0.3 is 5.97 Å². The SMILES string of the molecule is CCOc1ccc(C(CC(=O)O)C2CC2)cc1C. The molecule has 1 saturated carbocycles. The fourth-order valence-electron chi connectivity index (χ4n) is 2.46. The first-order chi connectivity index (χ1) is 8.61. The maximum Gasteiger partial charge on any atom is 0.303 e. The Labute approximate surface area is 108 Å². The van der Waals surface area contributed by atoms with Gasteiger partial charge in [0.25, 0.3) is 0 Å². The molecular weight excluding hydrogens is 228 g/mol. The molecule has 1 aromatic rings. The van der Waals surface area contributed by atoms with Crippen LogP contribution in [0.25, 0.3) is 0 Å². The molecule has 0 spiro atoms. The van der Waals surface area contributed by atoms with Crippen molar-refractivity contribution in [3.05, 3.63) is 29.3 Å². The molecule has 0 aliphatic heterocycles. The molecule has 1 atom stereocenters. The Hall–Kier alpha value is -1.51. The van der Waals surface area contributed by atoms with Crippen LogP contribution < -0.4 is 4.74 Å². The van der Waals surface area contributed by atoms with Gasteiger partial charge in [-0.1, -0.05) is 12.1 Å². The monoisotopic (exact) mass is 248 g/mol. The van der Waals surface area contributed by atoms with E-state index in [4.69, 9.17) is 9.84 Å². The summed E-state index contributed by atoms with van der Waals surface area (Å²) >= 11 is 0. The summed E-state index contributed by atoms with van der Waals surface area (Å²) in [5, 5.41) is 9.01. The van der Waals surface area contributed by atoms with Crippen molar-refractivity contribution >= 4 is 5.97 Å². The van der Waals surface area contributed by atoms with E-state index in [1.54, 1.807) is 0 Å². The fourth-order valence-corrected chi connectivity index (χ4v) is 2.46. The number of aryl methyl sites for hydroxylation is 1. The number of carboxylic acid groups (broad SMARTS) is 1. The summed E-state index contributed by atoms with van der Waals surface area (Å²) < 4.78 is 5.51. The second kappa shape index (κ2) is 5.42. The lowest BCUT2D eigenvalue weighted by Gasteiger charge is -2.16. The Kier molecular flexibility index (Phi) is 3.90. The third kappa shape index (κ3) is 3.03. The highest BCUT2D eigenvalue weighted by atomic mass is 16.5. The van der Waals surface area contributed by atoms with Crippen LogP contribution in [0.4, 0.5) is 0 Å². The largest absolute Gasteiger partial charge is 0.494 e. The Morgan fingerprint density at radius 1 is 1.50 bits per heavy atom. The molecule has 0 aromatic heterocycles. The minimum Gasteiger partial charge on any atom is -0.494 e. The normalized spacial score (nSPS) is 16.3. The molecule has 0 heterocycles. The molecule has 1 aromatic carbocycles. The van der Waals surface area contributed by atoms with Gasteiger partial charge in [-0.05, 0) is 55.7 Å². The van der Waals surface area contributed by atoms with Crippen molar-refractivity contribution in [1.82, 2.24) is 0 Å². The predicted octanol–water partition coefficient (Wildman–Crippen LogP) is 3.36. The standard InChI is InChI=1S/C15H20O3/c1-3-18-14-7-6-12(8-10(14)2)13(9-15(16)17)11-4-5-11/h6-8,11,13H,3-5,9H2,1-2H3,(H,16,17). The second-order valence-corrected chi connectivity index (χ2v) is 5.00. The first kappa shape index (κ1) is 12.9. The van der Waals surface area contributed by atoms with E-state index in [-0.39, 0.29) is 12.3 Å². The first-order valence-corrected chi connectivity index (χ1v) is 6.57. The van der Waals surface area contributed by atoms with E-state index in [0.29, 0.717) is 12.5 Å². The van der Waals surface area contributed by atoms with E-state index in [9.17, 15) is 4.79 Å². The van der Waals surface area contributed by atoms with E-state index in [1.165, 1.54) is 0 Å². The Morgan fingerprint density at radius 2 is 2.22 bits per heavy atom. The molecule has 0 amide bonds. The van der Waals surface area contributed by atoms with Crippen LogP contribution in [-0.2, 0) is 4.79 Å². The summed E-state index contributed by atoms with van der Waals surface area (Å²) in [4.78, 5) is 10.9. The highest BCUT2D eigenvalue weighted by Gasteiger charge is 2.33. The van der Waals surface area contributed by atoms with Crippen LogP contribution >= 0.6 is 0 Å². The van der Waals surface area contributed by atoms with Crippen LogP contribution in [0.3, 0.4) is 0 Å². The van der Waals surface area contributed by atoms with Gasteiger partial charge in [-0.25, -0.2) is 0 Å². The Morgan fingerprint density at radius 3 is 2.72 bits per heavy atom. The van der Waals surface area contributed by atoms with Crippen molar-refractivity contribution in [1.29, 1.82) is 0 Å². The highest BCUT2D eigenvalue weighted by Crippen LogP contribution is 2.45. The highest BCUT2D eigenvalue weighted by molar-refractivity contribution is 5.68. The zero-order chi connectivity index (χ0) is 13.1. The average Bonchev–Trinajstić information content (AvgIpc) is 3.13. The molecule has 0 saturated heterocycles. The van der Waals surface area contributed by atoms with E-state index in [1.807, 2.05) is 26.0 Å². The van der Waals surface area contributed by atoms with Crippen LogP contribution in [-0.4, -0.2) is 17.7 Å². The number of carboxylic acids is 1. The number of hydrogen-bond acceptors (Lipinski definition) is 2. The van der Waals surface area contributed by atoms with Gasteiger partial charge in [-0.3, -0.25) is 4.79 Å². The molecule has 1 N–H and O–H groups in total. The molecule has 1 unspecified atom stereocenters. The number of hydrogen-bond donors (Lipinski definition) is 1. The Bertz CT molecular complexity index is 435. The van der Waals surface area contributed by atoms with Crippen LogP contribution in [0.2, 0.25) is 0 Å². The van der Waals surface area contributed by atoms with Crippen LogP contribution in [0, 0.1) is 12.8 Å². The van der Waals surface area contributed by atoms with Crippen LogP contribution in [0.1, 0.15) is 43.2 Å². The van der Waals surface area contributed by atoms with E-state index in [0.717, 1.165) is 29.7 Å². The smallest absolute Gasteiger partial charge is 0.303 e. The van der Waals surface area contributed by atoms with Gasteiger partial charge in [0.15, 0.2) is 0 Å². The van der Waals surface area contributed by atoms with Crippen molar-refractivity contribution in [2.24, 2.45) is 5.92 Å². The van der Waals surface area contributed by atoms with Gasteiger partial charge in [0.2, 0.25) is 0 Å². The van der Waals surface area contributed by atoms with Gasteiger partial charge in [0, 0.05) is 0 Å². The number of rotatable bonds is 6. The lowest BCUT2D eigenvalue weighted by atomic mass is 9.90. The summed E-state index contributed by atoms with van der Waals surface area (Å²) in [7, 11) is 0. The zero-order valence-corrected chi connectivity index (χ0v) is 11.0. The molecular formula is C15H20O3. The van der Waals surface area contributed by atoms with Gasteiger partial charge in [0.05, 0.1) is 13.0 Å². The van der Waals surface area contributed by atoms with Crippen LogP contribution in [0.15, 0.2) is 18.2 Å². The van der Waals surface area contributed by atoms with Crippen molar-refractivity contribution < 1.29 is 14.6 Å². The summed E-state index contributed by atoms with van der Waals surface area (Å²) in [5.41, 5.74) is 2.23. The summed E-state index contributed by atoms with van der Waals surface area (Å²) in [6.45, 7) is 4.63. The van der Waals surface area contributed by atoms with Gasteiger partial charge in [-0.2, -0.15) is 0 Å². The minimum atomic E-state index is -0.710. The topological polar surface area (TPSA) is 46.5 Å². The number of ether oxygens (including phenoxy) is 1. The molecule has 1 fully saturated rings. The third-order valence-corrected chi connectivity index (χ3v) is 3.51. The maximum absolute atomic E-state index is 10.9. The molecule has 1 aliphatic carbocycles. The van der Waals surface area contributed by atoms with E-state index < -0.39 is 5.97 Å². The first-order valence-electron chi connectivity index (χ1n) is 6.57. The zero-order valence-electron chi connectivity index (χ0n) is 11.0. The molecule has 2 rings (SSSR count). The van der Waals surface area contributed by atoms with Gasteiger partial charge < -0.3 is 9.84 Å². The van der Waals surface area contributed by atoms with Gasteiger partial charge in [-0.15, -0.1) is 0 Å². The van der Waals surface area contributed by atoms with E-state index >= 15 is 0 Å². The number of benzene rings is 1. The summed E-state index contributed by atoms with van der Waals surface area (Å²) in [5.74, 6) is 0.903.